The predicted molar refractivity (Wildman–Crippen MR) is 134 cm³/mol. The molecule has 0 atom stereocenters. The number of aryl methyl sites for hydroxylation is 2. The van der Waals surface area contributed by atoms with Gasteiger partial charge >= 0.3 is 0 Å². The molecule has 6 rings (SSSR count). The zero-order chi connectivity index (χ0) is 22.9. The van der Waals surface area contributed by atoms with Crippen LogP contribution in [0.5, 0.6) is 0 Å². The number of fused-ring (bicyclic) bond motifs is 2. The van der Waals surface area contributed by atoms with Crippen LogP contribution in [-0.2, 0) is 13.6 Å². The highest BCUT2D eigenvalue weighted by Crippen LogP contribution is 2.28. The van der Waals surface area contributed by atoms with Crippen molar-refractivity contribution in [2.45, 2.75) is 33.2 Å². The number of imidazole rings is 1. The van der Waals surface area contributed by atoms with Gasteiger partial charge in [0.25, 0.3) is 0 Å². The van der Waals surface area contributed by atoms with Crippen LogP contribution < -0.4 is 4.90 Å². The number of H-pyrrole nitrogens is 1. The lowest BCUT2D eigenvalue weighted by Crippen LogP contribution is -2.19. The summed E-state index contributed by atoms with van der Waals surface area (Å²) in [4.78, 5) is 23.8. The zero-order valence-electron chi connectivity index (χ0n) is 18.8. The van der Waals surface area contributed by atoms with Gasteiger partial charge in [-0.15, -0.1) is 11.3 Å². The predicted octanol–water partition coefficient (Wildman–Crippen LogP) is 4.51. The second-order valence-corrected chi connectivity index (χ2v) is 9.17. The molecule has 1 N–H and O–H groups in total. The first kappa shape index (κ1) is 21.7. The van der Waals surface area contributed by atoms with E-state index in [-0.39, 0.29) is 0 Å². The van der Waals surface area contributed by atoms with Gasteiger partial charge in [0.2, 0.25) is 0 Å². The standard InChI is InChI=1S/C12H14N6S.C10H11N3S/c1-4-18-7(2)8(5-15-18)10-16-9-11(17(10)3)13-6-14-12(9)19;1-2-5-13(4-1)9-8-3-6-14-10(8)12-7-11-9/h5-6H,4H2,1-3H3,(H,13,14,19);3,6-7H,1-2,4-5H2. The summed E-state index contributed by atoms with van der Waals surface area (Å²) in [7, 11) is 1.96. The molecule has 1 aliphatic rings. The largest absolute Gasteiger partial charge is 0.356 e. The Bertz CT molecular complexity index is 1470. The Morgan fingerprint density at radius 1 is 1.18 bits per heavy atom. The highest BCUT2D eigenvalue weighted by molar-refractivity contribution is 7.71. The minimum Gasteiger partial charge on any atom is -0.356 e. The highest BCUT2D eigenvalue weighted by Gasteiger charge is 2.17. The van der Waals surface area contributed by atoms with E-state index in [9.17, 15) is 0 Å². The van der Waals surface area contributed by atoms with E-state index in [4.69, 9.17) is 12.2 Å². The number of nitrogens with one attached hydrogen (secondary N) is 1. The van der Waals surface area contributed by atoms with E-state index in [2.05, 4.69) is 53.3 Å². The molecule has 9 nitrogen and oxygen atoms in total. The van der Waals surface area contributed by atoms with E-state index in [1.807, 2.05) is 29.4 Å². The molecule has 0 spiro atoms. The third kappa shape index (κ3) is 3.91. The number of aromatic amines is 1. The van der Waals surface area contributed by atoms with Crippen molar-refractivity contribution in [3.05, 3.63) is 40.6 Å². The lowest BCUT2D eigenvalue weighted by Gasteiger charge is -2.16. The van der Waals surface area contributed by atoms with Gasteiger partial charge in [-0.05, 0) is 38.1 Å². The van der Waals surface area contributed by atoms with Crippen molar-refractivity contribution in [1.29, 1.82) is 0 Å². The average Bonchev–Trinajstić information content (AvgIpc) is 3.62. The molecule has 0 aliphatic carbocycles. The summed E-state index contributed by atoms with van der Waals surface area (Å²) < 4.78 is 4.44. The molecule has 170 valence electrons. The van der Waals surface area contributed by atoms with Crippen LogP contribution in [0.25, 0.3) is 32.8 Å². The lowest BCUT2D eigenvalue weighted by atomic mass is 10.2. The fraction of sp³-hybridized carbons (Fsp3) is 0.364. The third-order valence-electron chi connectivity index (χ3n) is 5.97. The maximum atomic E-state index is 5.21. The van der Waals surface area contributed by atoms with E-state index >= 15 is 0 Å². The Labute approximate surface area is 200 Å². The molecule has 5 aromatic rings. The lowest BCUT2D eigenvalue weighted by molar-refractivity contribution is 0.640. The molecule has 1 aliphatic heterocycles. The minimum absolute atomic E-state index is 0.510. The molecule has 0 aromatic carbocycles. The monoisotopic (exact) mass is 479 g/mol. The van der Waals surface area contributed by atoms with E-state index in [1.165, 1.54) is 18.2 Å². The molecule has 0 saturated carbocycles. The first-order valence-corrected chi connectivity index (χ1v) is 12.2. The molecule has 5 aromatic heterocycles. The van der Waals surface area contributed by atoms with Crippen molar-refractivity contribution in [1.82, 2.24) is 39.3 Å². The van der Waals surface area contributed by atoms with Crippen LogP contribution in [0, 0.1) is 11.6 Å². The molecular formula is C22H25N9S2. The van der Waals surface area contributed by atoms with Crippen LogP contribution in [0.2, 0.25) is 0 Å². The van der Waals surface area contributed by atoms with Crippen LogP contribution in [0.4, 0.5) is 5.82 Å². The quantitative estimate of drug-likeness (QED) is 0.381. The summed E-state index contributed by atoms with van der Waals surface area (Å²) in [6.07, 6.45) is 7.69. The highest BCUT2D eigenvalue weighted by atomic mass is 32.1. The zero-order valence-corrected chi connectivity index (χ0v) is 20.4. The molecule has 1 saturated heterocycles. The fourth-order valence-electron chi connectivity index (χ4n) is 4.21. The van der Waals surface area contributed by atoms with Gasteiger partial charge in [0.05, 0.1) is 23.5 Å². The smallest absolute Gasteiger partial charge is 0.157 e. The Morgan fingerprint density at radius 2 is 2.00 bits per heavy atom. The summed E-state index contributed by atoms with van der Waals surface area (Å²) >= 11 is 6.89. The van der Waals surface area contributed by atoms with Gasteiger partial charge in [-0.1, -0.05) is 12.2 Å². The van der Waals surface area contributed by atoms with Crippen molar-refractivity contribution < 1.29 is 0 Å². The van der Waals surface area contributed by atoms with Crippen molar-refractivity contribution in [3.8, 4) is 11.4 Å². The van der Waals surface area contributed by atoms with Crippen LogP contribution in [0.15, 0.2) is 30.3 Å². The van der Waals surface area contributed by atoms with E-state index in [0.717, 1.165) is 58.5 Å². The summed E-state index contributed by atoms with van der Waals surface area (Å²) in [5.41, 5.74) is 3.71. The van der Waals surface area contributed by atoms with Crippen molar-refractivity contribution in [3.63, 3.8) is 0 Å². The van der Waals surface area contributed by atoms with Gasteiger partial charge in [0.1, 0.15) is 34.0 Å². The van der Waals surface area contributed by atoms with Crippen molar-refractivity contribution in [2.24, 2.45) is 7.05 Å². The molecule has 0 radical (unpaired) electrons. The van der Waals surface area contributed by atoms with Gasteiger partial charge in [-0.3, -0.25) is 4.68 Å². The first-order chi connectivity index (χ1) is 16.1. The summed E-state index contributed by atoms with van der Waals surface area (Å²) in [5, 5.41) is 7.65. The molecular weight excluding hydrogens is 454 g/mol. The number of nitrogens with zero attached hydrogens (tertiary/aromatic N) is 8. The van der Waals surface area contributed by atoms with Crippen LogP contribution >= 0.6 is 23.6 Å². The fourth-order valence-corrected chi connectivity index (χ4v) is 5.13. The minimum atomic E-state index is 0.510. The van der Waals surface area contributed by atoms with E-state index in [0.29, 0.717) is 4.64 Å². The molecule has 33 heavy (non-hydrogen) atoms. The second-order valence-electron chi connectivity index (χ2n) is 7.89. The summed E-state index contributed by atoms with van der Waals surface area (Å²) in [5.74, 6) is 1.97. The number of hydrogen-bond acceptors (Lipinski definition) is 8. The van der Waals surface area contributed by atoms with Crippen molar-refractivity contribution in [2.75, 3.05) is 18.0 Å². The maximum Gasteiger partial charge on any atom is 0.157 e. The molecule has 1 fully saturated rings. The van der Waals surface area contributed by atoms with Crippen LogP contribution in [0.1, 0.15) is 25.5 Å². The van der Waals surface area contributed by atoms with Gasteiger partial charge in [-0.2, -0.15) is 5.10 Å². The topological polar surface area (TPSA) is 93.3 Å². The maximum absolute atomic E-state index is 5.21. The summed E-state index contributed by atoms with van der Waals surface area (Å²) in [6, 6.07) is 2.12. The third-order valence-corrected chi connectivity index (χ3v) is 7.09. The number of hydrogen-bond donors (Lipinski definition) is 1. The molecule has 0 bridgehead atoms. The van der Waals surface area contributed by atoms with Gasteiger partial charge in [0, 0.05) is 32.4 Å². The van der Waals surface area contributed by atoms with E-state index in [1.54, 1.807) is 24.0 Å². The van der Waals surface area contributed by atoms with Gasteiger partial charge in [-0.25, -0.2) is 19.9 Å². The molecule has 11 heteroatoms. The number of rotatable bonds is 3. The van der Waals surface area contributed by atoms with Crippen molar-refractivity contribution >= 4 is 50.8 Å². The Kier molecular flexibility index (Phi) is 5.90. The Balaban J connectivity index is 0.000000144. The molecule has 0 amide bonds. The number of aromatic nitrogens is 8. The van der Waals surface area contributed by atoms with E-state index < -0.39 is 0 Å². The Morgan fingerprint density at radius 3 is 2.73 bits per heavy atom. The number of thiophene rings is 1. The van der Waals surface area contributed by atoms with Crippen LogP contribution in [0.3, 0.4) is 0 Å². The molecule has 0 unspecified atom stereocenters. The Hall–Kier alpha value is -3.18. The molecule has 6 heterocycles. The van der Waals surface area contributed by atoms with Gasteiger partial charge < -0.3 is 14.5 Å². The first-order valence-electron chi connectivity index (χ1n) is 10.9. The second kappa shape index (κ2) is 8.99. The number of anilines is 1. The van der Waals surface area contributed by atoms with Crippen LogP contribution in [-0.4, -0.2) is 52.4 Å². The average molecular weight is 480 g/mol. The normalized spacial score (nSPS) is 13.6. The SMILES string of the molecule is CCn1ncc(-c2nc3c(=S)nc[nH]c3n2C)c1C.c1nc(N2CCCC2)c2ccsc2n1. The van der Waals surface area contributed by atoms with Gasteiger partial charge in [0.15, 0.2) is 4.64 Å². The summed E-state index contributed by atoms with van der Waals surface area (Å²) in [6.45, 7) is 7.24.